The van der Waals surface area contributed by atoms with Crippen LogP contribution >= 0.6 is 11.6 Å². The molecule has 1 amide bonds. The Hall–Kier alpha value is -1.55. The molecule has 21 heavy (non-hydrogen) atoms. The van der Waals surface area contributed by atoms with E-state index in [-0.39, 0.29) is 24.3 Å². The van der Waals surface area contributed by atoms with E-state index in [1.807, 2.05) is 32.9 Å². The molecule has 0 aliphatic heterocycles. The second-order valence-corrected chi connectivity index (χ2v) is 6.33. The number of benzene rings is 1. The number of carboxylic acid groups (broad SMARTS) is 1. The van der Waals surface area contributed by atoms with Gasteiger partial charge in [-0.05, 0) is 37.5 Å². The molecule has 0 spiro atoms. The summed E-state index contributed by atoms with van der Waals surface area (Å²) in [5, 5.41) is 12.8. The lowest BCUT2D eigenvalue weighted by molar-refractivity contribution is -0.153. The molecule has 4 nitrogen and oxygen atoms in total. The maximum absolute atomic E-state index is 12.1. The third-order valence-electron chi connectivity index (χ3n) is 4.02. The van der Waals surface area contributed by atoms with Crippen LogP contribution in [-0.4, -0.2) is 17.0 Å². The summed E-state index contributed by atoms with van der Waals surface area (Å²) < 4.78 is 0. The molecule has 0 radical (unpaired) electrons. The molecular weight excluding hydrogens is 290 g/mol. The van der Waals surface area contributed by atoms with Crippen molar-refractivity contribution in [2.75, 3.05) is 0 Å². The lowest BCUT2D eigenvalue weighted by Crippen LogP contribution is -2.39. The van der Waals surface area contributed by atoms with Gasteiger partial charge in [0.15, 0.2) is 0 Å². The molecule has 0 aliphatic carbocycles. The van der Waals surface area contributed by atoms with Gasteiger partial charge < -0.3 is 10.4 Å². The standard InChI is InChI=1S/C16H22ClNO3/c1-10(2)16(4,15(20)21)9-14(19)18-11(3)12-6-5-7-13(17)8-12/h5-8,10-11H,9H2,1-4H3,(H,18,19)(H,20,21)/t11-,16?/m0/s1. The zero-order valence-corrected chi connectivity index (χ0v) is 13.6. The van der Waals surface area contributed by atoms with E-state index in [2.05, 4.69) is 5.32 Å². The molecule has 1 rings (SSSR count). The monoisotopic (exact) mass is 311 g/mol. The summed E-state index contributed by atoms with van der Waals surface area (Å²) in [6.45, 7) is 7.06. The van der Waals surface area contributed by atoms with E-state index in [1.165, 1.54) is 0 Å². The fraction of sp³-hybridized carbons (Fsp3) is 0.500. The molecule has 2 N–H and O–H groups in total. The van der Waals surface area contributed by atoms with Gasteiger partial charge >= 0.3 is 5.97 Å². The Bertz CT molecular complexity index is 530. The van der Waals surface area contributed by atoms with Gasteiger partial charge in [0.25, 0.3) is 0 Å². The van der Waals surface area contributed by atoms with E-state index in [0.717, 1.165) is 5.56 Å². The number of nitrogens with one attached hydrogen (secondary N) is 1. The summed E-state index contributed by atoms with van der Waals surface area (Å²) >= 11 is 5.92. The molecule has 0 fully saturated rings. The van der Waals surface area contributed by atoms with Gasteiger partial charge in [-0.25, -0.2) is 0 Å². The molecule has 1 aromatic carbocycles. The second-order valence-electron chi connectivity index (χ2n) is 5.90. The number of rotatable bonds is 6. The highest BCUT2D eigenvalue weighted by Gasteiger charge is 2.38. The van der Waals surface area contributed by atoms with Gasteiger partial charge in [0, 0.05) is 11.4 Å². The average molecular weight is 312 g/mol. The fourth-order valence-corrected chi connectivity index (χ4v) is 2.21. The van der Waals surface area contributed by atoms with Crippen molar-refractivity contribution >= 4 is 23.5 Å². The molecule has 0 aromatic heterocycles. The Morgan fingerprint density at radius 3 is 2.43 bits per heavy atom. The van der Waals surface area contributed by atoms with Gasteiger partial charge in [-0.2, -0.15) is 0 Å². The Labute approximate surface area is 130 Å². The van der Waals surface area contributed by atoms with Crippen molar-refractivity contribution in [2.24, 2.45) is 11.3 Å². The minimum Gasteiger partial charge on any atom is -0.481 e. The molecule has 0 saturated carbocycles. The smallest absolute Gasteiger partial charge is 0.310 e. The molecule has 1 aromatic rings. The van der Waals surface area contributed by atoms with Gasteiger partial charge in [-0.3, -0.25) is 9.59 Å². The van der Waals surface area contributed by atoms with Crippen LogP contribution in [-0.2, 0) is 9.59 Å². The normalized spacial score (nSPS) is 15.3. The Morgan fingerprint density at radius 1 is 1.33 bits per heavy atom. The Balaban J connectivity index is 2.75. The summed E-state index contributed by atoms with van der Waals surface area (Å²) in [6, 6.07) is 7.01. The molecule has 5 heteroatoms. The lowest BCUT2D eigenvalue weighted by Gasteiger charge is -2.29. The Morgan fingerprint density at radius 2 is 1.95 bits per heavy atom. The SMILES string of the molecule is CC(C)C(C)(CC(=O)N[C@@H](C)c1cccc(Cl)c1)C(=O)O. The minimum absolute atomic E-state index is 0.0507. The van der Waals surface area contributed by atoms with E-state index < -0.39 is 11.4 Å². The zero-order valence-electron chi connectivity index (χ0n) is 12.8. The third kappa shape index (κ3) is 4.46. The maximum Gasteiger partial charge on any atom is 0.310 e. The van der Waals surface area contributed by atoms with E-state index in [4.69, 9.17) is 11.6 Å². The molecule has 2 atom stereocenters. The van der Waals surface area contributed by atoms with E-state index >= 15 is 0 Å². The van der Waals surface area contributed by atoms with Crippen LogP contribution in [0.15, 0.2) is 24.3 Å². The van der Waals surface area contributed by atoms with Gasteiger partial charge in [0.2, 0.25) is 5.91 Å². The summed E-state index contributed by atoms with van der Waals surface area (Å²) in [7, 11) is 0. The van der Waals surface area contributed by atoms with Crippen LogP contribution in [0.3, 0.4) is 0 Å². The van der Waals surface area contributed by atoms with Gasteiger partial charge in [-0.15, -0.1) is 0 Å². The largest absolute Gasteiger partial charge is 0.481 e. The molecule has 0 heterocycles. The number of hydrogen-bond donors (Lipinski definition) is 2. The van der Waals surface area contributed by atoms with Crippen molar-refractivity contribution in [3.05, 3.63) is 34.9 Å². The molecule has 1 unspecified atom stereocenters. The van der Waals surface area contributed by atoms with Gasteiger partial charge in [-0.1, -0.05) is 37.6 Å². The topological polar surface area (TPSA) is 66.4 Å². The van der Waals surface area contributed by atoms with Crippen LogP contribution < -0.4 is 5.32 Å². The number of carbonyl (C=O) groups excluding carboxylic acids is 1. The van der Waals surface area contributed by atoms with Crippen molar-refractivity contribution in [3.63, 3.8) is 0 Å². The van der Waals surface area contributed by atoms with Crippen LogP contribution in [0.2, 0.25) is 5.02 Å². The first kappa shape index (κ1) is 17.5. The van der Waals surface area contributed by atoms with Gasteiger partial charge in [0.1, 0.15) is 0 Å². The van der Waals surface area contributed by atoms with Crippen LogP contribution in [0.4, 0.5) is 0 Å². The summed E-state index contributed by atoms with van der Waals surface area (Å²) in [6.07, 6.45) is -0.0507. The molecule has 0 aliphatic rings. The first-order valence-electron chi connectivity index (χ1n) is 6.95. The quantitative estimate of drug-likeness (QED) is 0.842. The van der Waals surface area contributed by atoms with Crippen molar-refractivity contribution in [1.82, 2.24) is 5.32 Å². The van der Waals surface area contributed by atoms with Crippen LogP contribution in [0.5, 0.6) is 0 Å². The number of carboxylic acids is 1. The molecular formula is C16H22ClNO3. The predicted octanol–water partition coefficient (Wildman–Crippen LogP) is 3.65. The van der Waals surface area contributed by atoms with Crippen molar-refractivity contribution in [2.45, 2.75) is 40.2 Å². The minimum atomic E-state index is -1.07. The summed E-state index contributed by atoms with van der Waals surface area (Å²) in [4.78, 5) is 23.5. The predicted molar refractivity (Wildman–Crippen MR) is 83.2 cm³/mol. The highest BCUT2D eigenvalue weighted by atomic mass is 35.5. The third-order valence-corrected chi connectivity index (χ3v) is 4.25. The van der Waals surface area contributed by atoms with Crippen molar-refractivity contribution < 1.29 is 14.7 Å². The van der Waals surface area contributed by atoms with Crippen molar-refractivity contribution in [3.8, 4) is 0 Å². The highest BCUT2D eigenvalue weighted by Crippen LogP contribution is 2.31. The summed E-state index contributed by atoms with van der Waals surface area (Å²) in [5.74, 6) is -1.37. The molecule has 0 bridgehead atoms. The average Bonchev–Trinajstić information content (AvgIpc) is 2.37. The zero-order chi connectivity index (χ0) is 16.2. The van der Waals surface area contributed by atoms with Gasteiger partial charge in [0.05, 0.1) is 11.5 Å². The number of carbonyl (C=O) groups is 2. The van der Waals surface area contributed by atoms with Crippen LogP contribution in [0.25, 0.3) is 0 Å². The van der Waals surface area contributed by atoms with Crippen molar-refractivity contribution in [1.29, 1.82) is 0 Å². The maximum atomic E-state index is 12.1. The van der Waals surface area contributed by atoms with E-state index in [1.54, 1.807) is 19.1 Å². The summed E-state index contributed by atoms with van der Waals surface area (Å²) in [5.41, 5.74) is -0.185. The van der Waals surface area contributed by atoms with E-state index in [9.17, 15) is 14.7 Å². The number of aliphatic carboxylic acids is 1. The number of hydrogen-bond acceptors (Lipinski definition) is 2. The van der Waals surface area contributed by atoms with E-state index in [0.29, 0.717) is 5.02 Å². The van der Waals surface area contributed by atoms with Crippen LogP contribution in [0.1, 0.15) is 45.7 Å². The second kappa shape index (κ2) is 6.94. The first-order chi connectivity index (χ1) is 9.66. The first-order valence-corrected chi connectivity index (χ1v) is 7.33. The van der Waals surface area contributed by atoms with Crippen LogP contribution in [0, 0.1) is 11.3 Å². The fourth-order valence-electron chi connectivity index (χ4n) is 2.01. The lowest BCUT2D eigenvalue weighted by atomic mass is 9.76. The highest BCUT2D eigenvalue weighted by molar-refractivity contribution is 6.30. The number of halogens is 1. The molecule has 116 valence electrons. The molecule has 0 saturated heterocycles. The Kier molecular flexibility index (Phi) is 5.78. The number of amides is 1.